The van der Waals surface area contributed by atoms with E-state index < -0.39 is 0 Å². The Morgan fingerprint density at radius 2 is 2.22 bits per heavy atom. The van der Waals surface area contributed by atoms with Crippen molar-refractivity contribution in [2.45, 2.75) is 6.61 Å². The van der Waals surface area contributed by atoms with Gasteiger partial charge in [-0.05, 0) is 28.1 Å². The van der Waals surface area contributed by atoms with Crippen molar-refractivity contribution in [2.75, 3.05) is 7.11 Å². The molecule has 4 nitrogen and oxygen atoms in total. The number of hydrogen-bond donors (Lipinski definition) is 0. The number of benzene rings is 1. The fourth-order valence-corrected chi connectivity index (χ4v) is 2.33. The molecule has 1 heterocycles. The van der Waals surface area contributed by atoms with Gasteiger partial charge in [0, 0.05) is 11.6 Å². The van der Waals surface area contributed by atoms with Crippen molar-refractivity contribution in [1.82, 2.24) is 9.78 Å². The molecule has 94 valence electrons. The van der Waals surface area contributed by atoms with E-state index in [4.69, 9.17) is 16.3 Å². The summed E-state index contributed by atoms with van der Waals surface area (Å²) in [7, 11) is 1.54. The predicted molar refractivity (Wildman–Crippen MR) is 72.4 cm³/mol. The van der Waals surface area contributed by atoms with Gasteiger partial charge in [-0.3, -0.25) is 4.79 Å². The minimum atomic E-state index is 0.241. The van der Waals surface area contributed by atoms with E-state index in [9.17, 15) is 4.79 Å². The van der Waals surface area contributed by atoms with Crippen molar-refractivity contribution in [3.05, 3.63) is 45.1 Å². The van der Waals surface area contributed by atoms with Crippen LogP contribution in [0.25, 0.3) is 5.69 Å². The summed E-state index contributed by atoms with van der Waals surface area (Å²) in [6.45, 7) is 0.241. The molecule has 0 atom stereocenters. The number of para-hydroxylation sites is 1. The molecule has 0 unspecified atom stereocenters. The minimum Gasteiger partial charge on any atom is -0.378 e. The van der Waals surface area contributed by atoms with Gasteiger partial charge in [-0.2, -0.15) is 5.10 Å². The van der Waals surface area contributed by atoms with Crippen LogP contribution in [0, 0.1) is 0 Å². The lowest BCUT2D eigenvalue weighted by Gasteiger charge is -2.05. The van der Waals surface area contributed by atoms with Crippen LogP contribution in [0.3, 0.4) is 0 Å². The van der Waals surface area contributed by atoms with Gasteiger partial charge in [0.1, 0.15) is 10.8 Å². The van der Waals surface area contributed by atoms with Gasteiger partial charge in [0.05, 0.1) is 17.9 Å². The normalized spacial score (nSPS) is 10.6. The Hall–Kier alpha value is -1.17. The molecule has 0 saturated carbocycles. The van der Waals surface area contributed by atoms with E-state index in [1.807, 2.05) is 24.3 Å². The summed E-state index contributed by atoms with van der Waals surface area (Å²) in [5, 5.41) is 4.58. The second-order valence-electron chi connectivity index (χ2n) is 3.57. The smallest absolute Gasteiger partial charge is 0.155 e. The van der Waals surface area contributed by atoms with E-state index >= 15 is 0 Å². The van der Waals surface area contributed by atoms with Crippen LogP contribution in [-0.4, -0.2) is 23.2 Å². The van der Waals surface area contributed by atoms with Crippen LogP contribution < -0.4 is 0 Å². The highest BCUT2D eigenvalue weighted by Crippen LogP contribution is 2.27. The van der Waals surface area contributed by atoms with Crippen molar-refractivity contribution >= 4 is 33.8 Å². The first kappa shape index (κ1) is 13.3. The molecule has 0 N–H and O–H groups in total. The molecule has 0 fully saturated rings. The lowest BCUT2D eigenvalue weighted by Crippen LogP contribution is -1.98. The van der Waals surface area contributed by atoms with E-state index in [-0.39, 0.29) is 11.8 Å². The molecule has 0 radical (unpaired) electrons. The monoisotopic (exact) mass is 328 g/mol. The van der Waals surface area contributed by atoms with Gasteiger partial charge in [-0.25, -0.2) is 4.68 Å². The van der Waals surface area contributed by atoms with Crippen molar-refractivity contribution in [1.29, 1.82) is 0 Å². The third kappa shape index (κ3) is 2.34. The van der Waals surface area contributed by atoms with Crippen molar-refractivity contribution in [3.8, 4) is 5.69 Å². The van der Waals surface area contributed by atoms with Gasteiger partial charge < -0.3 is 4.74 Å². The van der Waals surface area contributed by atoms with Crippen LogP contribution >= 0.6 is 27.5 Å². The first-order valence-electron chi connectivity index (χ1n) is 5.15. The lowest BCUT2D eigenvalue weighted by molar-refractivity contribution is 0.111. The van der Waals surface area contributed by atoms with Crippen LogP contribution in [-0.2, 0) is 11.3 Å². The van der Waals surface area contributed by atoms with Crippen molar-refractivity contribution in [3.63, 3.8) is 0 Å². The highest BCUT2D eigenvalue weighted by molar-refractivity contribution is 9.10. The minimum absolute atomic E-state index is 0.241. The number of methoxy groups -OCH3 is 1. The lowest BCUT2D eigenvalue weighted by atomic mass is 10.3. The molecule has 0 aliphatic rings. The molecule has 18 heavy (non-hydrogen) atoms. The molecular weight excluding hydrogens is 320 g/mol. The van der Waals surface area contributed by atoms with Crippen molar-refractivity contribution in [2.24, 2.45) is 0 Å². The topological polar surface area (TPSA) is 44.1 Å². The molecule has 0 saturated heterocycles. The highest BCUT2D eigenvalue weighted by atomic mass is 79.9. The average Bonchev–Trinajstić information content (AvgIpc) is 2.67. The molecule has 0 bridgehead atoms. The van der Waals surface area contributed by atoms with E-state index in [0.29, 0.717) is 17.5 Å². The largest absolute Gasteiger partial charge is 0.378 e. The number of carbonyl (C=O) groups excluding carboxylic acids is 1. The fourth-order valence-electron chi connectivity index (χ4n) is 1.59. The van der Waals surface area contributed by atoms with Crippen molar-refractivity contribution < 1.29 is 9.53 Å². The number of halogens is 2. The maximum absolute atomic E-state index is 11.0. The SMILES string of the molecule is COCc1nn(-c2ccccc2Br)c(Cl)c1C=O. The number of aromatic nitrogens is 2. The average molecular weight is 330 g/mol. The van der Waals surface area contributed by atoms with Gasteiger partial charge in [-0.1, -0.05) is 23.7 Å². The number of ether oxygens (including phenoxy) is 1. The van der Waals surface area contributed by atoms with E-state index in [1.165, 1.54) is 4.68 Å². The fraction of sp³-hybridized carbons (Fsp3) is 0.167. The third-order valence-electron chi connectivity index (χ3n) is 2.42. The number of carbonyl (C=O) groups is 1. The summed E-state index contributed by atoms with van der Waals surface area (Å²) in [6, 6.07) is 7.49. The summed E-state index contributed by atoms with van der Waals surface area (Å²) in [5.41, 5.74) is 1.65. The van der Waals surface area contributed by atoms with E-state index in [2.05, 4.69) is 21.0 Å². The number of rotatable bonds is 4. The molecule has 6 heteroatoms. The number of hydrogen-bond acceptors (Lipinski definition) is 3. The summed E-state index contributed by atoms with van der Waals surface area (Å²) >= 11 is 9.59. The zero-order chi connectivity index (χ0) is 13.1. The molecule has 1 aromatic heterocycles. The highest BCUT2D eigenvalue weighted by Gasteiger charge is 2.17. The molecule has 2 rings (SSSR count). The second-order valence-corrected chi connectivity index (χ2v) is 4.78. The molecule has 0 aliphatic heterocycles. The Balaban J connectivity index is 2.59. The molecule has 0 aliphatic carbocycles. The summed E-state index contributed by atoms with van der Waals surface area (Å²) < 4.78 is 7.36. The van der Waals surface area contributed by atoms with Gasteiger partial charge in [0.25, 0.3) is 0 Å². The number of aldehydes is 1. The Morgan fingerprint density at radius 3 is 2.83 bits per heavy atom. The summed E-state index contributed by atoms with van der Waals surface area (Å²) in [6.07, 6.45) is 0.691. The van der Waals surface area contributed by atoms with Gasteiger partial charge in [-0.15, -0.1) is 0 Å². The standard InChI is InChI=1S/C12H10BrClN2O2/c1-18-7-10-8(6-17)12(14)16(15-10)11-5-3-2-4-9(11)13/h2-6H,7H2,1H3. The van der Waals surface area contributed by atoms with Crippen LogP contribution in [0.5, 0.6) is 0 Å². The zero-order valence-electron chi connectivity index (χ0n) is 9.56. The van der Waals surface area contributed by atoms with Crippen LogP contribution in [0.2, 0.25) is 5.15 Å². The Labute approximate surface area is 118 Å². The number of nitrogens with zero attached hydrogens (tertiary/aromatic N) is 2. The summed E-state index contributed by atoms with van der Waals surface area (Å²) in [5.74, 6) is 0. The van der Waals surface area contributed by atoms with Crippen LogP contribution in [0.15, 0.2) is 28.7 Å². The third-order valence-corrected chi connectivity index (χ3v) is 3.45. The Kier molecular flexibility index (Phi) is 4.16. The van der Waals surface area contributed by atoms with Crippen LogP contribution in [0.1, 0.15) is 16.1 Å². The molecule has 0 spiro atoms. The van der Waals surface area contributed by atoms with Crippen LogP contribution in [0.4, 0.5) is 0 Å². The second kappa shape index (κ2) is 5.65. The van der Waals surface area contributed by atoms with Gasteiger partial charge in [0.2, 0.25) is 0 Å². The zero-order valence-corrected chi connectivity index (χ0v) is 11.9. The molecule has 2 aromatic rings. The Bertz CT molecular complexity index is 583. The quantitative estimate of drug-likeness (QED) is 0.809. The molecular formula is C12H10BrClN2O2. The first-order chi connectivity index (χ1) is 8.69. The molecule has 0 amide bonds. The van der Waals surface area contributed by atoms with Gasteiger partial charge >= 0.3 is 0 Å². The predicted octanol–water partition coefficient (Wildman–Crippen LogP) is 3.25. The van der Waals surface area contributed by atoms with E-state index in [0.717, 1.165) is 10.2 Å². The maximum atomic E-state index is 11.0. The first-order valence-corrected chi connectivity index (χ1v) is 6.32. The Morgan fingerprint density at radius 1 is 1.50 bits per heavy atom. The van der Waals surface area contributed by atoms with E-state index in [1.54, 1.807) is 7.11 Å². The molecule has 1 aromatic carbocycles. The maximum Gasteiger partial charge on any atom is 0.155 e. The summed E-state index contributed by atoms with van der Waals surface area (Å²) in [4.78, 5) is 11.0. The van der Waals surface area contributed by atoms with Gasteiger partial charge in [0.15, 0.2) is 6.29 Å².